The highest BCUT2D eigenvalue weighted by molar-refractivity contribution is 6.75. The summed E-state index contributed by atoms with van der Waals surface area (Å²) in [6.45, 7) is 10.7. The molecule has 0 heterocycles. The fourth-order valence-corrected chi connectivity index (χ4v) is 6.87. The van der Waals surface area contributed by atoms with Gasteiger partial charge in [0.15, 0.2) is 0 Å². The van der Waals surface area contributed by atoms with Gasteiger partial charge in [-0.3, -0.25) is 4.79 Å². The molecule has 0 fully saturated rings. The van der Waals surface area contributed by atoms with Crippen molar-refractivity contribution in [2.75, 3.05) is 0 Å². The molecule has 0 aromatic heterocycles. The summed E-state index contributed by atoms with van der Waals surface area (Å²) in [6, 6.07) is 3.41. The molecule has 17 heavy (non-hydrogen) atoms. The van der Waals surface area contributed by atoms with Crippen LogP contribution < -0.4 is 0 Å². The summed E-state index contributed by atoms with van der Waals surface area (Å²) >= 11 is 0. The van der Waals surface area contributed by atoms with Crippen molar-refractivity contribution in [1.29, 1.82) is 0 Å². The Morgan fingerprint density at radius 2 is 1.41 bits per heavy atom. The highest BCUT2D eigenvalue weighted by atomic mass is 28.4. The molecule has 0 radical (unpaired) electrons. The highest BCUT2D eigenvalue weighted by Gasteiger charge is 2.35. The van der Waals surface area contributed by atoms with E-state index in [9.17, 15) is 4.79 Å². The van der Waals surface area contributed by atoms with Gasteiger partial charge in [-0.15, -0.1) is 0 Å². The van der Waals surface area contributed by atoms with Crippen LogP contribution in [0.3, 0.4) is 0 Å². The maximum absolute atomic E-state index is 11.9. The second-order valence-electron chi connectivity index (χ2n) is 5.51. The van der Waals surface area contributed by atoms with Crippen molar-refractivity contribution < 1.29 is 9.22 Å². The van der Waals surface area contributed by atoms with E-state index in [2.05, 4.69) is 34.6 Å². The van der Waals surface area contributed by atoms with Crippen LogP contribution in [-0.4, -0.2) is 14.3 Å². The fourth-order valence-electron chi connectivity index (χ4n) is 2.51. The van der Waals surface area contributed by atoms with Crippen molar-refractivity contribution in [1.82, 2.24) is 0 Å². The van der Waals surface area contributed by atoms with Crippen LogP contribution >= 0.6 is 0 Å². The minimum absolute atomic E-state index is 0.0435. The smallest absolute Gasteiger partial charge is 0.292 e. The van der Waals surface area contributed by atoms with Crippen molar-refractivity contribution in [2.24, 2.45) is 5.92 Å². The summed E-state index contributed by atoms with van der Waals surface area (Å²) in [5.74, 6) is 0.445. The molecule has 0 aliphatic rings. The highest BCUT2D eigenvalue weighted by Crippen LogP contribution is 2.28. The predicted molar refractivity (Wildman–Crippen MR) is 76.6 cm³/mol. The first-order valence-electron chi connectivity index (χ1n) is 7.21. The molecule has 0 aromatic rings. The molecule has 0 aliphatic heterocycles. The maximum atomic E-state index is 11.9. The molecule has 0 atom stereocenters. The molecule has 102 valence electrons. The molecule has 0 spiro atoms. The van der Waals surface area contributed by atoms with E-state index in [-0.39, 0.29) is 5.97 Å². The zero-order valence-electron chi connectivity index (χ0n) is 12.3. The van der Waals surface area contributed by atoms with Gasteiger partial charge in [-0.1, -0.05) is 53.9 Å². The second kappa shape index (κ2) is 8.73. The molecule has 0 aliphatic carbocycles. The van der Waals surface area contributed by atoms with E-state index < -0.39 is 8.32 Å². The van der Waals surface area contributed by atoms with Crippen molar-refractivity contribution in [3.05, 3.63) is 0 Å². The number of carbonyl (C=O) groups excluding carboxylic acids is 1. The van der Waals surface area contributed by atoms with Gasteiger partial charge in [-0.05, 0) is 24.1 Å². The Kier molecular flexibility index (Phi) is 8.57. The Bertz CT molecular complexity index is 197. The van der Waals surface area contributed by atoms with E-state index in [1.807, 2.05) is 0 Å². The van der Waals surface area contributed by atoms with Crippen LogP contribution in [0.2, 0.25) is 18.1 Å². The molecule has 0 unspecified atom stereocenters. The lowest BCUT2D eigenvalue weighted by molar-refractivity contribution is -0.136. The summed E-state index contributed by atoms with van der Waals surface area (Å²) in [6.07, 6.45) is 4.00. The van der Waals surface area contributed by atoms with Gasteiger partial charge in [0.1, 0.15) is 0 Å². The molecule has 0 aromatic carbocycles. The van der Waals surface area contributed by atoms with Gasteiger partial charge in [0.25, 0.3) is 14.3 Å². The Labute approximate surface area is 108 Å². The predicted octanol–water partition coefficient (Wildman–Crippen LogP) is 4.75. The first kappa shape index (κ1) is 16.7. The van der Waals surface area contributed by atoms with Gasteiger partial charge in [0.2, 0.25) is 0 Å². The Morgan fingerprint density at radius 1 is 1.00 bits per heavy atom. The number of carbonyl (C=O) groups is 1. The van der Waals surface area contributed by atoms with E-state index in [4.69, 9.17) is 4.43 Å². The minimum atomic E-state index is -1.77. The van der Waals surface area contributed by atoms with Crippen molar-refractivity contribution in [2.45, 2.75) is 78.4 Å². The van der Waals surface area contributed by atoms with Crippen LogP contribution in [0.25, 0.3) is 0 Å². The second-order valence-corrected chi connectivity index (χ2v) is 9.58. The van der Waals surface area contributed by atoms with Gasteiger partial charge in [0, 0.05) is 6.42 Å². The molecular weight excluding hydrogens is 228 g/mol. The van der Waals surface area contributed by atoms with E-state index >= 15 is 0 Å². The summed E-state index contributed by atoms with van der Waals surface area (Å²) in [4.78, 5) is 11.9. The summed E-state index contributed by atoms with van der Waals surface area (Å²) in [7, 11) is -1.77. The van der Waals surface area contributed by atoms with Crippen molar-refractivity contribution in [3.8, 4) is 0 Å². The third-order valence-electron chi connectivity index (χ3n) is 3.02. The first-order chi connectivity index (χ1) is 7.99. The number of rotatable bonds is 9. The van der Waals surface area contributed by atoms with Crippen molar-refractivity contribution >= 4 is 14.3 Å². The Morgan fingerprint density at radius 3 is 1.71 bits per heavy atom. The molecule has 3 heteroatoms. The summed E-state index contributed by atoms with van der Waals surface area (Å²) in [5.41, 5.74) is 0. The quantitative estimate of drug-likeness (QED) is 0.558. The Hall–Kier alpha value is -0.313. The fraction of sp³-hybridized carbons (Fsp3) is 0.929. The van der Waals surface area contributed by atoms with Crippen LogP contribution in [0, 0.1) is 5.92 Å². The third kappa shape index (κ3) is 6.87. The molecule has 0 saturated carbocycles. The zero-order chi connectivity index (χ0) is 13.3. The van der Waals surface area contributed by atoms with Gasteiger partial charge < -0.3 is 4.43 Å². The van der Waals surface area contributed by atoms with Crippen LogP contribution in [-0.2, 0) is 9.22 Å². The molecule has 0 bridgehead atoms. The lowest BCUT2D eigenvalue weighted by Crippen LogP contribution is -2.40. The largest absolute Gasteiger partial charge is 0.519 e. The molecule has 2 nitrogen and oxygen atoms in total. The normalized spacial score (nSPS) is 11.9. The van der Waals surface area contributed by atoms with Gasteiger partial charge in [-0.2, -0.15) is 0 Å². The number of hydrogen-bond donors (Lipinski definition) is 0. The van der Waals surface area contributed by atoms with E-state index in [0.29, 0.717) is 12.3 Å². The summed E-state index contributed by atoms with van der Waals surface area (Å²) in [5, 5.41) is 0. The van der Waals surface area contributed by atoms with Crippen LogP contribution in [0.4, 0.5) is 0 Å². The summed E-state index contributed by atoms with van der Waals surface area (Å²) < 4.78 is 5.97. The average molecular weight is 258 g/mol. The molecule has 0 amide bonds. The van der Waals surface area contributed by atoms with Crippen LogP contribution in [0.15, 0.2) is 0 Å². The zero-order valence-corrected chi connectivity index (χ0v) is 13.3. The minimum Gasteiger partial charge on any atom is -0.519 e. The first-order valence-corrected chi connectivity index (χ1v) is 9.74. The topological polar surface area (TPSA) is 26.3 Å². The SMILES string of the molecule is CCC[Si](CCC)(CCC)OC(=O)CC(C)C. The maximum Gasteiger partial charge on any atom is 0.292 e. The third-order valence-corrected chi connectivity index (χ3v) is 7.92. The van der Waals surface area contributed by atoms with Gasteiger partial charge >= 0.3 is 0 Å². The van der Waals surface area contributed by atoms with Crippen molar-refractivity contribution in [3.63, 3.8) is 0 Å². The molecule has 0 rings (SSSR count). The van der Waals surface area contributed by atoms with E-state index in [1.54, 1.807) is 0 Å². The Balaban J connectivity index is 4.57. The average Bonchev–Trinajstić information content (AvgIpc) is 2.16. The van der Waals surface area contributed by atoms with Crippen LogP contribution in [0.5, 0.6) is 0 Å². The molecule has 0 saturated heterocycles. The van der Waals surface area contributed by atoms with Gasteiger partial charge in [-0.25, -0.2) is 0 Å². The standard InChI is InChI=1S/C14H30O2Si/c1-6-9-17(10-7-2,11-8-3)16-14(15)12-13(4)5/h13H,6-12H2,1-5H3. The number of hydrogen-bond acceptors (Lipinski definition) is 2. The van der Waals surface area contributed by atoms with Gasteiger partial charge in [0.05, 0.1) is 0 Å². The molecular formula is C14H30O2Si. The lowest BCUT2D eigenvalue weighted by Gasteiger charge is -2.30. The lowest BCUT2D eigenvalue weighted by atomic mass is 10.1. The monoisotopic (exact) mass is 258 g/mol. The van der Waals surface area contributed by atoms with E-state index in [1.165, 1.54) is 0 Å². The van der Waals surface area contributed by atoms with Crippen LogP contribution in [0.1, 0.15) is 60.3 Å². The van der Waals surface area contributed by atoms with E-state index in [0.717, 1.165) is 37.4 Å². The molecule has 0 N–H and O–H groups in total.